The number of hydrogen-bond donors (Lipinski definition) is 1. The van der Waals surface area contributed by atoms with Crippen LogP contribution in [0.3, 0.4) is 0 Å². The molecule has 0 atom stereocenters. The number of rotatable bonds is 3. The summed E-state index contributed by atoms with van der Waals surface area (Å²) in [5.74, 6) is 0.665. The van der Waals surface area contributed by atoms with E-state index in [9.17, 15) is 4.79 Å². The molecule has 1 amide bonds. The van der Waals surface area contributed by atoms with Crippen molar-refractivity contribution in [1.29, 1.82) is 0 Å². The zero-order chi connectivity index (χ0) is 13.8. The Morgan fingerprint density at radius 2 is 2.00 bits per heavy atom. The van der Waals surface area contributed by atoms with E-state index in [4.69, 9.17) is 9.47 Å². The van der Waals surface area contributed by atoms with E-state index in [0.717, 1.165) is 0 Å². The van der Waals surface area contributed by atoms with Gasteiger partial charge in [0.05, 0.1) is 6.10 Å². The fourth-order valence-electron chi connectivity index (χ4n) is 1.28. The van der Waals surface area contributed by atoms with Gasteiger partial charge in [0.25, 0.3) is 0 Å². The van der Waals surface area contributed by atoms with Crippen LogP contribution in [0.5, 0.6) is 5.75 Å². The number of ether oxygens (including phenoxy) is 2. The Morgan fingerprint density at radius 1 is 1.33 bits per heavy atom. The van der Waals surface area contributed by atoms with Gasteiger partial charge < -0.3 is 9.47 Å². The Kier molecular flexibility index (Phi) is 4.59. The Labute approximate surface area is 108 Å². The van der Waals surface area contributed by atoms with Crippen LogP contribution in [-0.2, 0) is 4.74 Å². The third-order valence-electron chi connectivity index (χ3n) is 1.78. The molecule has 0 aliphatic heterocycles. The molecule has 0 heterocycles. The molecule has 1 N–H and O–H groups in total. The van der Waals surface area contributed by atoms with Crippen molar-refractivity contribution in [3.8, 4) is 5.75 Å². The van der Waals surface area contributed by atoms with Crippen LogP contribution in [0.25, 0.3) is 0 Å². The molecule has 0 fully saturated rings. The van der Waals surface area contributed by atoms with Crippen LogP contribution >= 0.6 is 0 Å². The highest BCUT2D eigenvalue weighted by atomic mass is 16.6. The van der Waals surface area contributed by atoms with Crippen molar-refractivity contribution in [2.75, 3.05) is 5.32 Å². The van der Waals surface area contributed by atoms with Gasteiger partial charge in [-0.15, -0.1) is 0 Å². The lowest BCUT2D eigenvalue weighted by Gasteiger charge is -2.19. The first-order valence-electron chi connectivity index (χ1n) is 5.94. The lowest BCUT2D eigenvalue weighted by Crippen LogP contribution is -2.27. The second kappa shape index (κ2) is 5.76. The summed E-state index contributed by atoms with van der Waals surface area (Å²) in [6.07, 6.45) is -0.409. The Hall–Kier alpha value is -1.71. The van der Waals surface area contributed by atoms with Crippen molar-refractivity contribution >= 4 is 11.8 Å². The molecule has 1 aromatic carbocycles. The summed E-state index contributed by atoms with van der Waals surface area (Å²) < 4.78 is 10.7. The molecule has 1 radical (unpaired) electrons. The maximum Gasteiger partial charge on any atom is 0.412 e. The van der Waals surface area contributed by atoms with Crippen LogP contribution in [0.1, 0.15) is 34.6 Å². The van der Waals surface area contributed by atoms with Gasteiger partial charge in [0.2, 0.25) is 0 Å². The average molecular weight is 250 g/mol. The van der Waals surface area contributed by atoms with Crippen LogP contribution in [0.2, 0.25) is 0 Å². The monoisotopic (exact) mass is 250 g/mol. The van der Waals surface area contributed by atoms with Crippen molar-refractivity contribution < 1.29 is 14.3 Å². The van der Waals surface area contributed by atoms with Crippen LogP contribution in [-0.4, -0.2) is 17.8 Å². The van der Waals surface area contributed by atoms with Gasteiger partial charge in [-0.3, -0.25) is 5.32 Å². The summed E-state index contributed by atoms with van der Waals surface area (Å²) in [5, 5.41) is 2.64. The van der Waals surface area contributed by atoms with E-state index in [0.29, 0.717) is 11.4 Å². The summed E-state index contributed by atoms with van der Waals surface area (Å²) in [4.78, 5) is 11.6. The summed E-state index contributed by atoms with van der Waals surface area (Å²) in [7, 11) is 0. The molecule has 4 heteroatoms. The van der Waals surface area contributed by atoms with Gasteiger partial charge in [-0.1, -0.05) is 0 Å². The molecule has 99 valence electrons. The maximum atomic E-state index is 11.6. The Morgan fingerprint density at radius 3 is 2.56 bits per heavy atom. The molecule has 0 saturated heterocycles. The van der Waals surface area contributed by atoms with E-state index in [2.05, 4.69) is 11.4 Å². The lowest BCUT2D eigenvalue weighted by molar-refractivity contribution is 0.0636. The fourth-order valence-corrected chi connectivity index (χ4v) is 1.28. The zero-order valence-corrected chi connectivity index (χ0v) is 11.5. The van der Waals surface area contributed by atoms with Crippen molar-refractivity contribution in [3.63, 3.8) is 0 Å². The molecule has 4 nitrogen and oxygen atoms in total. The van der Waals surface area contributed by atoms with Gasteiger partial charge in [-0.25, -0.2) is 4.79 Å². The standard InChI is InChI=1S/C14H20NO3/c1-10(2)17-12-8-6-7-11(9-12)15-13(16)18-14(3,4)5/h7-10H,1-5H3,(H,15,16). The highest BCUT2D eigenvalue weighted by Crippen LogP contribution is 2.19. The topological polar surface area (TPSA) is 47.6 Å². The number of benzene rings is 1. The largest absolute Gasteiger partial charge is 0.491 e. The van der Waals surface area contributed by atoms with Crippen molar-refractivity contribution in [1.82, 2.24) is 0 Å². The highest BCUT2D eigenvalue weighted by Gasteiger charge is 2.16. The van der Waals surface area contributed by atoms with E-state index in [-0.39, 0.29) is 6.10 Å². The SMILES string of the molecule is CC(C)Oc1c[c]cc(NC(=O)OC(C)(C)C)c1. The molecule has 0 bridgehead atoms. The molecule has 18 heavy (non-hydrogen) atoms. The Bertz CT molecular complexity index is 408. The van der Waals surface area contributed by atoms with Crippen molar-refractivity contribution in [3.05, 3.63) is 24.3 Å². The molecule has 0 aliphatic rings. The number of hydrogen-bond acceptors (Lipinski definition) is 3. The average Bonchev–Trinajstić information content (AvgIpc) is 2.13. The van der Waals surface area contributed by atoms with E-state index in [1.54, 1.807) is 18.2 Å². The third kappa shape index (κ3) is 5.57. The van der Waals surface area contributed by atoms with Crippen LogP contribution < -0.4 is 10.1 Å². The van der Waals surface area contributed by atoms with E-state index < -0.39 is 11.7 Å². The molecule has 0 aliphatic carbocycles. The summed E-state index contributed by atoms with van der Waals surface area (Å²) in [6.45, 7) is 9.33. The highest BCUT2D eigenvalue weighted by molar-refractivity contribution is 5.85. The second-order valence-corrected chi connectivity index (χ2v) is 5.25. The van der Waals surface area contributed by atoms with E-state index in [1.807, 2.05) is 34.6 Å². The molecular formula is C14H20NO3. The third-order valence-corrected chi connectivity index (χ3v) is 1.78. The zero-order valence-electron chi connectivity index (χ0n) is 11.5. The number of anilines is 1. The number of carbonyl (C=O) groups excluding carboxylic acids is 1. The predicted molar refractivity (Wildman–Crippen MR) is 70.9 cm³/mol. The number of amides is 1. The first-order valence-corrected chi connectivity index (χ1v) is 5.94. The van der Waals surface area contributed by atoms with Gasteiger partial charge >= 0.3 is 6.09 Å². The van der Waals surface area contributed by atoms with Gasteiger partial charge in [0, 0.05) is 11.8 Å². The normalized spacial score (nSPS) is 11.2. The lowest BCUT2D eigenvalue weighted by atomic mass is 10.2. The number of carbonyl (C=O) groups is 1. The fraction of sp³-hybridized carbons (Fsp3) is 0.500. The minimum atomic E-state index is -0.514. The van der Waals surface area contributed by atoms with E-state index in [1.165, 1.54) is 0 Å². The minimum absolute atomic E-state index is 0.0789. The molecule has 1 aromatic rings. The Balaban J connectivity index is 2.65. The van der Waals surface area contributed by atoms with E-state index >= 15 is 0 Å². The maximum absolute atomic E-state index is 11.6. The number of nitrogens with one attached hydrogen (secondary N) is 1. The first kappa shape index (κ1) is 14.4. The smallest absolute Gasteiger partial charge is 0.412 e. The molecule has 0 spiro atoms. The molecule has 0 saturated carbocycles. The van der Waals surface area contributed by atoms with Crippen LogP contribution in [0, 0.1) is 6.07 Å². The van der Waals surface area contributed by atoms with Gasteiger partial charge in [-0.05, 0) is 52.8 Å². The second-order valence-electron chi connectivity index (χ2n) is 5.25. The van der Waals surface area contributed by atoms with Crippen molar-refractivity contribution in [2.45, 2.75) is 46.3 Å². The molecular weight excluding hydrogens is 230 g/mol. The van der Waals surface area contributed by atoms with Gasteiger partial charge in [-0.2, -0.15) is 0 Å². The van der Waals surface area contributed by atoms with Gasteiger partial charge in [0.1, 0.15) is 11.4 Å². The van der Waals surface area contributed by atoms with Crippen LogP contribution in [0.15, 0.2) is 18.2 Å². The summed E-state index contributed by atoms with van der Waals surface area (Å²) in [6, 6.07) is 8.03. The minimum Gasteiger partial charge on any atom is -0.491 e. The summed E-state index contributed by atoms with van der Waals surface area (Å²) >= 11 is 0. The summed E-state index contributed by atoms with van der Waals surface area (Å²) in [5.41, 5.74) is 0.0854. The van der Waals surface area contributed by atoms with Gasteiger partial charge in [0.15, 0.2) is 0 Å². The van der Waals surface area contributed by atoms with Crippen LogP contribution in [0.4, 0.5) is 10.5 Å². The first-order chi connectivity index (χ1) is 8.26. The quantitative estimate of drug-likeness (QED) is 0.891. The molecule has 1 rings (SSSR count). The molecule has 0 unspecified atom stereocenters. The molecule has 0 aromatic heterocycles. The predicted octanol–water partition coefficient (Wildman–Crippen LogP) is 3.62. The van der Waals surface area contributed by atoms with Crippen molar-refractivity contribution in [2.24, 2.45) is 0 Å².